The number of nitrogens with one attached hydrogen (secondary N) is 1. The maximum Gasteiger partial charge on any atom is 0.262 e. The van der Waals surface area contributed by atoms with Crippen molar-refractivity contribution in [3.63, 3.8) is 0 Å². The molecule has 0 saturated heterocycles. The van der Waals surface area contributed by atoms with Crippen LogP contribution in [0.4, 0.5) is 10.1 Å². The molecule has 1 aromatic carbocycles. The van der Waals surface area contributed by atoms with Crippen LogP contribution in [0, 0.1) is 17.7 Å². The van der Waals surface area contributed by atoms with E-state index in [0.29, 0.717) is 16.9 Å². The summed E-state index contributed by atoms with van der Waals surface area (Å²) in [5, 5.41) is 21.2. The van der Waals surface area contributed by atoms with Gasteiger partial charge in [-0.3, -0.25) is 4.72 Å². The van der Waals surface area contributed by atoms with Crippen molar-refractivity contribution in [2.24, 2.45) is 0 Å². The van der Waals surface area contributed by atoms with Gasteiger partial charge >= 0.3 is 0 Å². The number of nitrogens with zero attached hydrogens (tertiary/aromatic N) is 5. The number of aliphatic hydroxyl groups is 1. The summed E-state index contributed by atoms with van der Waals surface area (Å²) in [6.45, 7) is -0.339. The number of rotatable bonds is 5. The highest BCUT2D eigenvalue weighted by Crippen LogP contribution is 2.29. The maximum atomic E-state index is 13.2. The first-order valence-corrected chi connectivity index (χ1v) is 10.5. The molecule has 4 rings (SSSR count). The molecule has 0 amide bonds. The second kappa shape index (κ2) is 8.58. The van der Waals surface area contributed by atoms with Crippen molar-refractivity contribution in [1.29, 1.82) is 0 Å². The molecule has 0 aliphatic heterocycles. The van der Waals surface area contributed by atoms with Gasteiger partial charge in [0.1, 0.15) is 18.1 Å². The molecule has 0 spiro atoms. The van der Waals surface area contributed by atoms with Crippen molar-refractivity contribution < 1.29 is 22.7 Å². The van der Waals surface area contributed by atoms with Gasteiger partial charge in [-0.05, 0) is 48.4 Å². The van der Waals surface area contributed by atoms with Crippen molar-refractivity contribution >= 4 is 21.4 Å². The number of sulfonamides is 1. The van der Waals surface area contributed by atoms with Gasteiger partial charge in [-0.15, -0.1) is 10.2 Å². The normalized spacial score (nSPS) is 11.1. The first kappa shape index (κ1) is 21.2. The van der Waals surface area contributed by atoms with Crippen LogP contribution in [-0.4, -0.2) is 52.0 Å². The molecule has 32 heavy (non-hydrogen) atoms. The number of hydrogen-bond acceptors (Lipinski definition) is 8. The summed E-state index contributed by atoms with van der Waals surface area (Å²) < 4.78 is 47.6. The monoisotopic (exact) mass is 454 g/mol. The van der Waals surface area contributed by atoms with Crippen LogP contribution < -0.4 is 9.46 Å². The lowest BCUT2D eigenvalue weighted by Crippen LogP contribution is -2.14. The minimum Gasteiger partial charge on any atom is -0.480 e. The number of aromatic nitrogens is 5. The molecular weight excluding hydrogens is 439 g/mol. The molecule has 4 aromatic rings. The zero-order valence-corrected chi connectivity index (χ0v) is 17.3. The second-order valence-corrected chi connectivity index (χ2v) is 7.99. The Kier molecular flexibility index (Phi) is 5.67. The van der Waals surface area contributed by atoms with E-state index in [2.05, 4.69) is 36.8 Å². The van der Waals surface area contributed by atoms with Crippen molar-refractivity contribution in [2.75, 3.05) is 18.4 Å². The summed E-state index contributed by atoms with van der Waals surface area (Å²) in [6.07, 6.45) is 1.46. The Hall–Kier alpha value is -4.08. The SMILES string of the molecule is COc1ncc(-c2ccc3nnc(C#CCO)n3n2)cc1NS(=O)(=O)c1ccc(F)cc1. The lowest BCUT2D eigenvalue weighted by Gasteiger charge is -2.12. The lowest BCUT2D eigenvalue weighted by atomic mass is 10.2. The second-order valence-electron chi connectivity index (χ2n) is 6.31. The highest BCUT2D eigenvalue weighted by molar-refractivity contribution is 7.92. The molecule has 0 radical (unpaired) electrons. The fraction of sp³-hybridized carbons (Fsp3) is 0.100. The minimum atomic E-state index is -4.03. The summed E-state index contributed by atoms with van der Waals surface area (Å²) >= 11 is 0. The Balaban J connectivity index is 1.74. The summed E-state index contributed by atoms with van der Waals surface area (Å²) in [5.74, 6) is 4.86. The predicted molar refractivity (Wildman–Crippen MR) is 112 cm³/mol. The molecule has 0 unspecified atom stereocenters. The molecular formula is C20H15FN6O4S. The van der Waals surface area contributed by atoms with E-state index in [1.54, 1.807) is 12.1 Å². The molecule has 3 heterocycles. The fourth-order valence-electron chi connectivity index (χ4n) is 2.78. The third-order valence-corrected chi connectivity index (χ3v) is 5.63. The van der Waals surface area contributed by atoms with Crippen LogP contribution in [0.5, 0.6) is 5.88 Å². The van der Waals surface area contributed by atoms with Gasteiger partial charge in [-0.2, -0.15) is 9.61 Å². The zero-order chi connectivity index (χ0) is 22.7. The number of aliphatic hydroxyl groups excluding tert-OH is 1. The first-order valence-electron chi connectivity index (χ1n) is 9.06. The van der Waals surface area contributed by atoms with E-state index in [0.717, 1.165) is 24.3 Å². The van der Waals surface area contributed by atoms with Crippen molar-refractivity contribution in [2.45, 2.75) is 4.90 Å². The van der Waals surface area contributed by atoms with E-state index in [1.807, 2.05) is 0 Å². The summed E-state index contributed by atoms with van der Waals surface area (Å²) in [7, 11) is -2.68. The Morgan fingerprint density at radius 2 is 1.97 bits per heavy atom. The molecule has 0 saturated carbocycles. The average Bonchev–Trinajstić information content (AvgIpc) is 3.20. The number of fused-ring (bicyclic) bond motifs is 1. The average molecular weight is 454 g/mol. The molecule has 10 nitrogen and oxygen atoms in total. The van der Waals surface area contributed by atoms with Gasteiger partial charge in [-0.25, -0.2) is 17.8 Å². The molecule has 3 aromatic heterocycles. The van der Waals surface area contributed by atoms with Crippen LogP contribution in [0.15, 0.2) is 53.6 Å². The Morgan fingerprint density at radius 3 is 2.69 bits per heavy atom. The number of benzene rings is 1. The fourth-order valence-corrected chi connectivity index (χ4v) is 3.83. The van der Waals surface area contributed by atoms with E-state index in [9.17, 15) is 12.8 Å². The van der Waals surface area contributed by atoms with Gasteiger partial charge in [0, 0.05) is 11.8 Å². The number of anilines is 1. The molecule has 12 heteroatoms. The van der Waals surface area contributed by atoms with Crippen molar-refractivity contribution in [3.05, 3.63) is 60.3 Å². The van der Waals surface area contributed by atoms with Gasteiger partial charge in [0.2, 0.25) is 11.7 Å². The van der Waals surface area contributed by atoms with Gasteiger partial charge < -0.3 is 9.84 Å². The number of ether oxygens (including phenoxy) is 1. The largest absolute Gasteiger partial charge is 0.480 e. The van der Waals surface area contributed by atoms with Crippen molar-refractivity contribution in [3.8, 4) is 29.0 Å². The highest BCUT2D eigenvalue weighted by atomic mass is 32.2. The van der Waals surface area contributed by atoms with Crippen LogP contribution in [0.2, 0.25) is 0 Å². The first-order chi connectivity index (χ1) is 15.4. The number of hydrogen-bond donors (Lipinski definition) is 2. The lowest BCUT2D eigenvalue weighted by molar-refractivity contribution is 0.350. The maximum absolute atomic E-state index is 13.2. The van der Waals surface area contributed by atoms with Gasteiger partial charge in [0.25, 0.3) is 10.0 Å². The molecule has 0 fully saturated rings. The number of methoxy groups -OCH3 is 1. The van der Waals surface area contributed by atoms with Gasteiger partial charge in [0.05, 0.1) is 17.7 Å². The smallest absolute Gasteiger partial charge is 0.262 e. The van der Waals surface area contributed by atoms with E-state index in [4.69, 9.17) is 9.84 Å². The van der Waals surface area contributed by atoms with E-state index in [1.165, 1.54) is 23.9 Å². The summed E-state index contributed by atoms with van der Waals surface area (Å²) in [5.41, 5.74) is 1.41. The van der Waals surface area contributed by atoms with Crippen LogP contribution in [0.3, 0.4) is 0 Å². The molecule has 0 bridgehead atoms. The Bertz CT molecular complexity index is 1460. The predicted octanol–water partition coefficient (Wildman–Crippen LogP) is 1.48. The molecule has 0 atom stereocenters. The third kappa shape index (κ3) is 4.20. The zero-order valence-electron chi connectivity index (χ0n) is 16.5. The summed E-state index contributed by atoms with van der Waals surface area (Å²) in [4.78, 5) is 4.03. The Morgan fingerprint density at radius 1 is 1.19 bits per heavy atom. The highest BCUT2D eigenvalue weighted by Gasteiger charge is 2.19. The minimum absolute atomic E-state index is 0.0410. The number of pyridine rings is 1. The molecule has 0 aliphatic rings. The Labute approximate surface area is 181 Å². The van der Waals surface area contributed by atoms with Gasteiger partial charge in [0.15, 0.2) is 5.65 Å². The summed E-state index contributed by atoms with van der Waals surface area (Å²) in [6, 6.07) is 9.23. The topological polar surface area (TPSA) is 132 Å². The standard InChI is InChI=1S/C20H15FN6O4S/c1-31-20-17(26-32(29,30)15-6-4-14(21)5-7-15)11-13(12-22-20)16-8-9-19-24-23-18(3-2-10-28)27(19)25-16/h4-9,11-12,26,28H,10H2,1H3. The van der Waals surface area contributed by atoms with E-state index < -0.39 is 15.8 Å². The molecule has 2 N–H and O–H groups in total. The quantitative estimate of drug-likeness (QED) is 0.434. The van der Waals surface area contributed by atoms with Gasteiger partial charge in [-0.1, -0.05) is 5.92 Å². The van der Waals surface area contributed by atoms with Crippen LogP contribution in [0.1, 0.15) is 5.82 Å². The van der Waals surface area contributed by atoms with E-state index in [-0.39, 0.29) is 28.9 Å². The van der Waals surface area contributed by atoms with E-state index >= 15 is 0 Å². The van der Waals surface area contributed by atoms with Crippen LogP contribution in [0.25, 0.3) is 16.9 Å². The molecule has 0 aliphatic carbocycles. The van der Waals surface area contributed by atoms with Crippen LogP contribution >= 0.6 is 0 Å². The van der Waals surface area contributed by atoms with Crippen LogP contribution in [-0.2, 0) is 10.0 Å². The van der Waals surface area contributed by atoms with Crippen molar-refractivity contribution in [1.82, 2.24) is 24.8 Å². The molecule has 162 valence electrons. The number of halogens is 1. The third-order valence-electron chi connectivity index (χ3n) is 4.25.